The summed E-state index contributed by atoms with van der Waals surface area (Å²) in [6.45, 7) is -4.79. The first kappa shape index (κ1) is 40.9. The topological polar surface area (TPSA) is 149 Å². The molecule has 0 spiro atoms. The van der Waals surface area contributed by atoms with Crippen LogP contribution in [0, 0.1) is 0 Å². The molecular formula is C40H77O10P. The Balaban J connectivity index is 4.74. The number of aliphatic hydroxyl groups is 2. The van der Waals surface area contributed by atoms with E-state index in [1.54, 1.807) is 0 Å². The van der Waals surface area contributed by atoms with Crippen molar-refractivity contribution in [2.45, 2.75) is 206 Å². The van der Waals surface area contributed by atoms with E-state index in [2.05, 4.69) is 30.5 Å². The second-order valence-corrected chi connectivity index (χ2v) is 14.9. The number of ether oxygens (including phenoxy) is 2. The Morgan fingerprint density at radius 2 is 1.06 bits per heavy atom. The van der Waals surface area contributed by atoms with Gasteiger partial charge in [-0.3, -0.25) is 18.6 Å². The van der Waals surface area contributed by atoms with E-state index in [0.29, 0.717) is 12.8 Å². The van der Waals surface area contributed by atoms with Crippen LogP contribution in [0.25, 0.3) is 0 Å². The second kappa shape index (κ2) is 37.0. The summed E-state index contributed by atoms with van der Waals surface area (Å²) in [7, 11) is -5.49. The first-order valence-electron chi connectivity index (χ1n) is 22.6. The van der Waals surface area contributed by atoms with Crippen molar-refractivity contribution in [2.75, 3.05) is 26.3 Å². The van der Waals surface area contributed by atoms with Gasteiger partial charge < -0.3 is 24.6 Å². The van der Waals surface area contributed by atoms with Crippen molar-refractivity contribution >= 4 is 19.8 Å². The van der Waals surface area contributed by atoms with E-state index >= 15 is 0 Å². The lowest BCUT2D eigenvalue weighted by atomic mass is 10.0. The average Bonchev–Trinajstić information content (AvgIpc) is 3.12. The van der Waals surface area contributed by atoms with Crippen LogP contribution in [0.4, 0.5) is 0 Å². The Morgan fingerprint density at radius 1 is 0.647 bits per heavy atom. The van der Waals surface area contributed by atoms with Crippen LogP contribution in [0.15, 0.2) is 12.2 Å². The maximum atomic E-state index is 12.7. The molecular weight excluding hydrogens is 671 g/mol. The quantitative estimate of drug-likeness (QED) is 0.0240. The molecule has 0 bridgehead atoms. The fraction of sp³-hybridized carbons (Fsp3) is 0.900. The van der Waals surface area contributed by atoms with Gasteiger partial charge in [0, 0.05) is 12.8 Å². The van der Waals surface area contributed by atoms with Gasteiger partial charge in [-0.15, -0.1) is 0 Å². The zero-order valence-electron chi connectivity index (χ0n) is 37.1. The highest BCUT2D eigenvalue weighted by atomic mass is 31.2. The molecule has 0 aromatic rings. The summed E-state index contributed by atoms with van der Waals surface area (Å²) in [5.74, 6) is -1.22. The summed E-state index contributed by atoms with van der Waals surface area (Å²) in [6.07, 6.45) is 28.4. The third kappa shape index (κ3) is 36.8. The molecule has 302 valence electrons. The summed E-state index contributed by atoms with van der Waals surface area (Å²) in [5, 5.41) is 19.2. The molecule has 2 unspecified atom stereocenters. The van der Waals surface area contributed by atoms with Gasteiger partial charge in [-0.05, 0) is 38.5 Å². The minimum absolute atomic E-state index is 0.0366. The fourth-order valence-corrected chi connectivity index (χ4v) is 6.18. The number of phosphoric acid groups is 1. The summed E-state index contributed by atoms with van der Waals surface area (Å²) >= 11 is 0. The molecule has 0 fully saturated rings. The van der Waals surface area contributed by atoms with Gasteiger partial charge in [0.1, 0.15) is 12.7 Å². The first-order valence-corrected chi connectivity index (χ1v) is 21.6. The summed E-state index contributed by atoms with van der Waals surface area (Å²) < 4.78 is 68.9. The number of carbonyl (C=O) groups excluding carboxylic acids is 2. The van der Waals surface area contributed by atoms with Crippen LogP contribution in [0.2, 0.25) is 0 Å². The molecule has 0 radical (unpaired) electrons. The average molecular weight is 754 g/mol. The molecule has 0 saturated heterocycles. The molecule has 0 aromatic carbocycles. The molecule has 10 nitrogen and oxygen atoms in total. The number of allylic oxidation sites excluding steroid dienone is 2. The van der Waals surface area contributed by atoms with Gasteiger partial charge >= 0.3 is 19.8 Å². The number of carbonyl (C=O) groups is 2. The van der Waals surface area contributed by atoms with Crippen LogP contribution < -0.4 is 0 Å². The van der Waals surface area contributed by atoms with Gasteiger partial charge in [0.2, 0.25) is 0 Å². The Bertz CT molecular complexity index is 1070. The smallest absolute Gasteiger partial charge is 0.462 e. The van der Waals surface area contributed by atoms with Crippen molar-refractivity contribution in [3.63, 3.8) is 0 Å². The highest BCUT2D eigenvalue weighted by molar-refractivity contribution is 7.47. The van der Waals surface area contributed by atoms with Crippen molar-refractivity contribution in [3.05, 3.63) is 12.2 Å². The first-order chi connectivity index (χ1) is 26.5. The lowest BCUT2D eigenvalue weighted by Crippen LogP contribution is -2.29. The van der Waals surface area contributed by atoms with E-state index in [1.807, 2.05) is 0 Å². The number of phosphoric ester groups is 1. The van der Waals surface area contributed by atoms with E-state index in [-0.39, 0.29) is 12.8 Å². The molecule has 11 heteroatoms. The van der Waals surface area contributed by atoms with Gasteiger partial charge in [0.05, 0.1) is 26.6 Å². The molecule has 0 aromatic heterocycles. The molecule has 0 saturated carbocycles. The van der Waals surface area contributed by atoms with Crippen molar-refractivity contribution in [1.82, 2.24) is 0 Å². The van der Waals surface area contributed by atoms with Gasteiger partial charge in [-0.1, -0.05) is 154 Å². The molecule has 0 amide bonds. The van der Waals surface area contributed by atoms with Crippen molar-refractivity contribution in [3.8, 4) is 0 Å². The highest BCUT2D eigenvalue weighted by Crippen LogP contribution is 2.43. The van der Waals surface area contributed by atoms with Crippen LogP contribution >= 0.6 is 7.82 Å². The number of rotatable bonds is 39. The molecule has 51 heavy (non-hydrogen) atoms. The maximum Gasteiger partial charge on any atom is 0.472 e. The monoisotopic (exact) mass is 754 g/mol. The minimum Gasteiger partial charge on any atom is -0.462 e. The van der Waals surface area contributed by atoms with Crippen molar-refractivity contribution in [2.24, 2.45) is 0 Å². The Labute approximate surface area is 318 Å². The number of unbranched alkanes of at least 4 members (excludes halogenated alkanes) is 23. The standard InChI is InChI=1S/C40H77O10P/c1-3-5-7-9-11-13-15-17-18-20-22-24-26-28-30-32-40(44)50-38(36-49-51(45,46)48-34-37(42)33-41)35-47-39(43)31-29-27-25-23-21-19-16-14-12-10-8-6-4-2/h17-18,37-38,41-42H,3-16,19-36H2,1-2H3,(H,45,46)/b18-17+/t37?,38-/m1/s1/i33D2,34D2,37D. The van der Waals surface area contributed by atoms with E-state index in [4.69, 9.17) is 20.9 Å². The minimum atomic E-state index is -5.49. The predicted molar refractivity (Wildman–Crippen MR) is 205 cm³/mol. The summed E-state index contributed by atoms with van der Waals surface area (Å²) in [4.78, 5) is 35.2. The third-order valence-corrected chi connectivity index (χ3v) is 9.44. The molecule has 3 atom stereocenters. The second-order valence-electron chi connectivity index (χ2n) is 13.5. The SMILES string of the molecule is [2H]C([2H])(O)C([2H])(O)C([2H])([2H])OP(=O)(O)OC[C@@H](COC(=O)CCCCCCCCCCCCCCC)OC(=O)CCCCCCC/C=C/CCCCCCCC. The number of hydrogen-bond donors (Lipinski definition) is 3. The zero-order chi connectivity index (χ0) is 42.2. The van der Waals surface area contributed by atoms with E-state index in [9.17, 15) is 29.3 Å². The van der Waals surface area contributed by atoms with Crippen LogP contribution in [-0.4, -0.2) is 65.6 Å². The van der Waals surface area contributed by atoms with Crippen LogP contribution in [0.5, 0.6) is 0 Å². The van der Waals surface area contributed by atoms with E-state index in [0.717, 1.165) is 64.2 Å². The van der Waals surface area contributed by atoms with E-state index < -0.39 is 58.3 Å². The van der Waals surface area contributed by atoms with Crippen molar-refractivity contribution < 1.29 is 54.6 Å². The molecule has 0 aliphatic carbocycles. The highest BCUT2D eigenvalue weighted by Gasteiger charge is 2.27. The van der Waals surface area contributed by atoms with Gasteiger partial charge in [-0.2, -0.15) is 0 Å². The summed E-state index contributed by atoms with van der Waals surface area (Å²) in [5.41, 5.74) is 0. The zero-order valence-corrected chi connectivity index (χ0v) is 33.0. The van der Waals surface area contributed by atoms with Crippen LogP contribution in [0.3, 0.4) is 0 Å². The van der Waals surface area contributed by atoms with E-state index in [1.165, 1.54) is 89.9 Å². The summed E-state index contributed by atoms with van der Waals surface area (Å²) in [6, 6.07) is 0. The number of hydrogen-bond acceptors (Lipinski definition) is 9. The Hall–Kier alpha value is -1.29. The fourth-order valence-electron chi connectivity index (χ4n) is 5.57. The molecule has 0 rings (SSSR count). The molecule has 0 heterocycles. The predicted octanol–water partition coefficient (Wildman–Crippen LogP) is 10.4. The lowest BCUT2D eigenvalue weighted by molar-refractivity contribution is -0.161. The molecule has 0 aliphatic heterocycles. The Morgan fingerprint density at radius 3 is 1.51 bits per heavy atom. The van der Waals surface area contributed by atoms with Crippen molar-refractivity contribution in [1.29, 1.82) is 0 Å². The van der Waals surface area contributed by atoms with Gasteiger partial charge in [-0.25, -0.2) is 4.57 Å². The molecule has 3 N–H and O–H groups in total. The van der Waals surface area contributed by atoms with Crippen LogP contribution in [-0.2, 0) is 32.7 Å². The van der Waals surface area contributed by atoms with Crippen LogP contribution in [0.1, 0.15) is 200 Å². The normalized spacial score (nSPS) is 16.7. The van der Waals surface area contributed by atoms with Gasteiger partial charge in [0.15, 0.2) is 6.10 Å². The lowest BCUT2D eigenvalue weighted by Gasteiger charge is -2.20. The number of esters is 2. The third-order valence-electron chi connectivity index (χ3n) is 8.64. The maximum absolute atomic E-state index is 12.7. The van der Waals surface area contributed by atoms with Gasteiger partial charge in [0.25, 0.3) is 0 Å². The molecule has 0 aliphatic rings. The largest absolute Gasteiger partial charge is 0.472 e. The Kier molecular flexibility index (Phi) is 29.7.